The summed E-state index contributed by atoms with van der Waals surface area (Å²) in [7, 11) is 0. The third-order valence-corrected chi connectivity index (χ3v) is 2.55. The zero-order chi connectivity index (χ0) is 17.3. The molecule has 0 fully saturated rings. The van der Waals surface area contributed by atoms with Crippen LogP contribution in [0.4, 0.5) is 26.3 Å². The number of nitrogens with zero attached hydrogens (tertiary/aromatic N) is 1. The monoisotopic (exact) mass is 339 g/mol. The van der Waals surface area contributed by atoms with Gasteiger partial charge >= 0.3 is 24.2 Å². The fraction of sp³-hybridized carbons (Fsp3) is 0.231. The van der Waals surface area contributed by atoms with Crippen LogP contribution in [0, 0.1) is 0 Å². The number of halogens is 6. The van der Waals surface area contributed by atoms with E-state index in [1.165, 1.54) is 24.3 Å². The zero-order valence-electron chi connectivity index (χ0n) is 11.0. The van der Waals surface area contributed by atoms with Crippen LogP contribution in [0.2, 0.25) is 0 Å². The Bertz CT molecular complexity index is 690. The Morgan fingerprint density at radius 1 is 1.09 bits per heavy atom. The van der Waals surface area contributed by atoms with Gasteiger partial charge < -0.3 is 9.15 Å². The van der Waals surface area contributed by atoms with Crippen LogP contribution in [-0.2, 0) is 22.3 Å². The normalized spacial score (nSPS) is 12.3. The predicted molar refractivity (Wildman–Crippen MR) is 62.8 cm³/mol. The smallest absolute Gasteiger partial charge is 0.452 e. The number of aromatic nitrogens is 1. The predicted octanol–water partition coefficient (Wildman–Crippen LogP) is 3.97. The van der Waals surface area contributed by atoms with Crippen molar-refractivity contribution in [3.63, 3.8) is 0 Å². The Morgan fingerprint density at radius 2 is 1.70 bits per heavy atom. The summed E-state index contributed by atoms with van der Waals surface area (Å²) in [4.78, 5) is 13.7. The number of alkyl halides is 6. The molecule has 0 spiro atoms. The van der Waals surface area contributed by atoms with Crippen molar-refractivity contribution in [2.45, 2.75) is 19.0 Å². The van der Waals surface area contributed by atoms with Crippen LogP contribution in [0.1, 0.15) is 11.6 Å². The van der Waals surface area contributed by atoms with Gasteiger partial charge in [-0.05, 0) is 0 Å². The van der Waals surface area contributed by atoms with Gasteiger partial charge in [-0.15, -0.1) is 0 Å². The van der Waals surface area contributed by atoms with Gasteiger partial charge in [0, 0.05) is 5.56 Å². The molecule has 0 aliphatic rings. The van der Waals surface area contributed by atoms with Crippen LogP contribution in [0.5, 0.6) is 0 Å². The van der Waals surface area contributed by atoms with Gasteiger partial charge in [0.25, 0.3) is 0 Å². The van der Waals surface area contributed by atoms with E-state index >= 15 is 0 Å². The van der Waals surface area contributed by atoms with Crippen LogP contribution in [0.3, 0.4) is 0 Å². The van der Waals surface area contributed by atoms with Gasteiger partial charge in [0.1, 0.15) is 12.3 Å². The second kappa shape index (κ2) is 5.94. The first-order valence-corrected chi connectivity index (χ1v) is 5.95. The third-order valence-electron chi connectivity index (χ3n) is 2.55. The largest absolute Gasteiger partial charge is 0.490 e. The van der Waals surface area contributed by atoms with Gasteiger partial charge in [-0.2, -0.15) is 26.3 Å². The van der Waals surface area contributed by atoms with Gasteiger partial charge in [0.2, 0.25) is 0 Å². The van der Waals surface area contributed by atoms with E-state index in [9.17, 15) is 31.1 Å². The van der Waals surface area contributed by atoms with Gasteiger partial charge in [0.05, 0.1) is 0 Å². The van der Waals surface area contributed by atoms with Crippen molar-refractivity contribution >= 4 is 5.97 Å². The Labute approximate surface area is 124 Å². The molecule has 124 valence electrons. The van der Waals surface area contributed by atoms with E-state index in [4.69, 9.17) is 0 Å². The minimum Gasteiger partial charge on any atom is -0.452 e. The Kier molecular flexibility index (Phi) is 4.35. The van der Waals surface area contributed by atoms with Gasteiger partial charge in [-0.3, -0.25) is 0 Å². The average molecular weight is 339 g/mol. The zero-order valence-corrected chi connectivity index (χ0v) is 11.0. The summed E-state index contributed by atoms with van der Waals surface area (Å²) in [5.41, 5.74) is -0.422. The Hall–Kier alpha value is -2.52. The van der Waals surface area contributed by atoms with Crippen molar-refractivity contribution in [2.24, 2.45) is 0 Å². The summed E-state index contributed by atoms with van der Waals surface area (Å²) < 4.78 is 82.6. The molecule has 4 nitrogen and oxygen atoms in total. The second-order valence-corrected chi connectivity index (χ2v) is 4.23. The minimum atomic E-state index is -5.26. The number of benzene rings is 1. The fourth-order valence-electron chi connectivity index (χ4n) is 1.60. The van der Waals surface area contributed by atoms with E-state index in [2.05, 4.69) is 14.1 Å². The second-order valence-electron chi connectivity index (χ2n) is 4.23. The van der Waals surface area contributed by atoms with Gasteiger partial charge in [-0.1, -0.05) is 30.3 Å². The number of carbonyl (C=O) groups excluding carboxylic acids is 1. The molecule has 2 rings (SSSR count). The number of esters is 1. The van der Waals surface area contributed by atoms with E-state index in [1.54, 1.807) is 6.07 Å². The summed E-state index contributed by atoms with van der Waals surface area (Å²) in [5, 5.41) is 0. The summed E-state index contributed by atoms with van der Waals surface area (Å²) in [6.45, 7) is -1.11. The van der Waals surface area contributed by atoms with Crippen LogP contribution in [0.25, 0.3) is 11.3 Å². The first-order valence-electron chi connectivity index (χ1n) is 5.95. The molecule has 0 aliphatic carbocycles. The standard InChI is InChI=1S/C13H7F6NO3/c14-12(15,16)10-20-8(6-22-11(21)13(17,18)19)9(23-10)7-4-2-1-3-5-7/h1-5H,6H2. The molecule has 0 amide bonds. The number of carbonyl (C=O) groups is 1. The van der Waals surface area contributed by atoms with Crippen molar-refractivity contribution in [3.8, 4) is 11.3 Å². The van der Waals surface area contributed by atoms with E-state index < -0.39 is 42.3 Å². The SMILES string of the molecule is O=C(OCc1nc(C(F)(F)F)oc1-c1ccccc1)C(F)(F)F. The minimum absolute atomic E-state index is 0.147. The van der Waals surface area contributed by atoms with Crippen LogP contribution in [0.15, 0.2) is 34.7 Å². The Balaban J connectivity index is 2.34. The maximum absolute atomic E-state index is 12.6. The van der Waals surface area contributed by atoms with E-state index in [0.717, 1.165) is 0 Å². The number of rotatable bonds is 3. The maximum Gasteiger partial charge on any atom is 0.490 e. The topological polar surface area (TPSA) is 52.3 Å². The summed E-state index contributed by atoms with van der Waals surface area (Å²) in [5.74, 6) is -4.60. The highest BCUT2D eigenvalue weighted by Crippen LogP contribution is 2.34. The van der Waals surface area contributed by atoms with Crippen molar-refractivity contribution in [3.05, 3.63) is 41.9 Å². The maximum atomic E-state index is 12.6. The van der Waals surface area contributed by atoms with Gasteiger partial charge in [0.15, 0.2) is 5.76 Å². The summed E-state index contributed by atoms with van der Waals surface area (Å²) in [6.07, 6.45) is -10.2. The molecule has 0 aliphatic heterocycles. The molecule has 0 atom stereocenters. The molecular weight excluding hydrogens is 332 g/mol. The van der Waals surface area contributed by atoms with Crippen LogP contribution in [-0.4, -0.2) is 17.1 Å². The summed E-state index contributed by atoms with van der Waals surface area (Å²) in [6, 6.07) is 7.28. The van der Waals surface area contributed by atoms with Crippen molar-refractivity contribution in [1.82, 2.24) is 4.98 Å². The first-order chi connectivity index (χ1) is 10.6. The lowest BCUT2D eigenvalue weighted by Gasteiger charge is -2.06. The highest BCUT2D eigenvalue weighted by atomic mass is 19.4. The van der Waals surface area contributed by atoms with Crippen molar-refractivity contribution in [2.75, 3.05) is 0 Å². The molecule has 23 heavy (non-hydrogen) atoms. The molecule has 0 N–H and O–H groups in total. The molecule has 0 radical (unpaired) electrons. The number of hydrogen-bond acceptors (Lipinski definition) is 4. The highest BCUT2D eigenvalue weighted by molar-refractivity contribution is 5.75. The molecule has 0 bridgehead atoms. The molecule has 0 unspecified atom stereocenters. The lowest BCUT2D eigenvalue weighted by atomic mass is 10.1. The van der Waals surface area contributed by atoms with E-state index in [-0.39, 0.29) is 5.56 Å². The van der Waals surface area contributed by atoms with Crippen molar-refractivity contribution < 1.29 is 40.3 Å². The molecule has 1 aromatic carbocycles. The lowest BCUT2D eigenvalue weighted by Crippen LogP contribution is -2.25. The molecule has 1 heterocycles. The van der Waals surface area contributed by atoms with Crippen LogP contribution < -0.4 is 0 Å². The molecule has 0 saturated heterocycles. The molecule has 0 saturated carbocycles. The van der Waals surface area contributed by atoms with E-state index in [0.29, 0.717) is 0 Å². The highest BCUT2D eigenvalue weighted by Gasteiger charge is 2.42. The molecule has 10 heteroatoms. The molecule has 1 aromatic heterocycles. The molecule has 2 aromatic rings. The fourth-order valence-corrected chi connectivity index (χ4v) is 1.60. The first kappa shape index (κ1) is 16.8. The third kappa shape index (κ3) is 4.02. The summed E-state index contributed by atoms with van der Waals surface area (Å²) >= 11 is 0. The average Bonchev–Trinajstić information content (AvgIpc) is 2.89. The van der Waals surface area contributed by atoms with Crippen LogP contribution >= 0.6 is 0 Å². The Morgan fingerprint density at radius 3 is 2.22 bits per heavy atom. The van der Waals surface area contributed by atoms with Gasteiger partial charge in [-0.25, -0.2) is 9.78 Å². The number of oxazole rings is 1. The van der Waals surface area contributed by atoms with E-state index in [1.807, 2.05) is 0 Å². The number of ether oxygens (including phenoxy) is 1. The molecular formula is C13H7F6NO3. The van der Waals surface area contributed by atoms with Crippen molar-refractivity contribution in [1.29, 1.82) is 0 Å². The quantitative estimate of drug-likeness (QED) is 0.627. The number of hydrogen-bond donors (Lipinski definition) is 0. The lowest BCUT2D eigenvalue weighted by molar-refractivity contribution is -0.201.